The van der Waals surface area contributed by atoms with Gasteiger partial charge in [-0.1, -0.05) is 19.3 Å². The largest absolute Gasteiger partial charge is 0.481 e. The van der Waals surface area contributed by atoms with Crippen LogP contribution in [0.3, 0.4) is 0 Å². The van der Waals surface area contributed by atoms with Crippen LogP contribution >= 0.6 is 11.6 Å². The van der Waals surface area contributed by atoms with Gasteiger partial charge in [0.15, 0.2) is 11.0 Å². The number of carboxylic acid groups (broad SMARTS) is 1. The number of carboxylic acids is 1. The number of carbonyl (C=O) groups excluding carboxylic acids is 1. The summed E-state index contributed by atoms with van der Waals surface area (Å²) in [5.41, 5.74) is 0. The summed E-state index contributed by atoms with van der Waals surface area (Å²) in [4.78, 5) is 21.8. The second-order valence-corrected chi connectivity index (χ2v) is 4.64. The van der Waals surface area contributed by atoms with Crippen molar-refractivity contribution in [3.8, 4) is 0 Å². The number of carbonyl (C=O) groups is 2. The average molecular weight is 288 g/mol. The first-order valence-electron chi connectivity index (χ1n) is 6.35. The van der Waals surface area contributed by atoms with Crippen LogP contribution < -0.4 is 5.32 Å². The minimum Gasteiger partial charge on any atom is -0.481 e. The maximum absolute atomic E-state index is 11.5. The maximum atomic E-state index is 11.5. The molecule has 0 aromatic carbocycles. The van der Waals surface area contributed by atoms with Crippen molar-refractivity contribution < 1.29 is 19.1 Å². The van der Waals surface area contributed by atoms with Gasteiger partial charge < -0.3 is 14.8 Å². The predicted octanol–water partition coefficient (Wildman–Crippen LogP) is 3.09. The van der Waals surface area contributed by atoms with Gasteiger partial charge in [0.05, 0.1) is 0 Å². The third-order valence-corrected chi connectivity index (χ3v) is 2.85. The van der Waals surface area contributed by atoms with Crippen molar-refractivity contribution in [2.45, 2.75) is 38.5 Å². The Hall–Kier alpha value is -1.49. The van der Waals surface area contributed by atoms with Crippen LogP contribution in [0.1, 0.15) is 49.1 Å². The fourth-order valence-corrected chi connectivity index (χ4v) is 1.80. The van der Waals surface area contributed by atoms with E-state index in [1.54, 1.807) is 0 Å². The van der Waals surface area contributed by atoms with Crippen molar-refractivity contribution in [2.75, 3.05) is 6.54 Å². The average Bonchev–Trinajstić information content (AvgIpc) is 2.78. The molecule has 1 heterocycles. The van der Waals surface area contributed by atoms with Gasteiger partial charge in [-0.05, 0) is 36.6 Å². The minimum atomic E-state index is -0.746. The van der Waals surface area contributed by atoms with Crippen molar-refractivity contribution in [2.24, 2.45) is 0 Å². The Bertz CT molecular complexity index is 417. The van der Waals surface area contributed by atoms with E-state index in [2.05, 4.69) is 5.32 Å². The minimum absolute atomic E-state index is 0.198. The van der Waals surface area contributed by atoms with E-state index in [-0.39, 0.29) is 23.3 Å². The highest BCUT2D eigenvalue weighted by molar-refractivity contribution is 6.29. The summed E-state index contributed by atoms with van der Waals surface area (Å²) >= 11 is 5.57. The van der Waals surface area contributed by atoms with Gasteiger partial charge in [0, 0.05) is 13.0 Å². The Balaban J connectivity index is 1.99. The van der Waals surface area contributed by atoms with Crippen LogP contribution in [0.25, 0.3) is 0 Å². The van der Waals surface area contributed by atoms with Gasteiger partial charge >= 0.3 is 5.97 Å². The Morgan fingerprint density at radius 2 is 1.84 bits per heavy atom. The third kappa shape index (κ3) is 6.86. The highest BCUT2D eigenvalue weighted by Crippen LogP contribution is 2.12. The molecule has 0 aliphatic heterocycles. The molecule has 0 fully saturated rings. The molecule has 19 heavy (non-hydrogen) atoms. The van der Waals surface area contributed by atoms with Crippen LogP contribution in [0.4, 0.5) is 0 Å². The summed E-state index contributed by atoms with van der Waals surface area (Å²) in [7, 11) is 0. The monoisotopic (exact) mass is 287 g/mol. The second kappa shape index (κ2) is 8.58. The van der Waals surface area contributed by atoms with Crippen LogP contribution in [0.5, 0.6) is 0 Å². The molecule has 0 atom stereocenters. The van der Waals surface area contributed by atoms with Gasteiger partial charge in [-0.25, -0.2) is 0 Å². The standard InChI is InChI=1S/C13H18ClNO4/c14-11-8-7-10(19-11)13(18)15-9-5-3-1-2-4-6-12(16)17/h7-8H,1-6,9H2,(H,15,18)(H,16,17). The van der Waals surface area contributed by atoms with E-state index < -0.39 is 5.97 Å². The molecule has 1 aromatic rings. The Morgan fingerprint density at radius 3 is 2.47 bits per heavy atom. The Labute approximate surface area is 116 Å². The van der Waals surface area contributed by atoms with E-state index in [4.69, 9.17) is 21.1 Å². The number of hydrogen-bond donors (Lipinski definition) is 2. The predicted molar refractivity (Wildman–Crippen MR) is 71.4 cm³/mol. The second-order valence-electron chi connectivity index (χ2n) is 4.27. The van der Waals surface area contributed by atoms with Gasteiger partial charge in [0.1, 0.15) is 0 Å². The number of amides is 1. The van der Waals surface area contributed by atoms with E-state index in [0.717, 1.165) is 25.7 Å². The van der Waals surface area contributed by atoms with Gasteiger partial charge in [-0.15, -0.1) is 0 Å². The SMILES string of the molecule is O=C(O)CCCCCCCNC(=O)c1ccc(Cl)o1. The Morgan fingerprint density at radius 1 is 1.16 bits per heavy atom. The van der Waals surface area contributed by atoms with Crippen molar-refractivity contribution >= 4 is 23.5 Å². The number of rotatable bonds is 9. The topological polar surface area (TPSA) is 79.5 Å². The lowest BCUT2D eigenvalue weighted by atomic mass is 10.1. The molecule has 1 amide bonds. The molecule has 6 heteroatoms. The molecule has 0 saturated heterocycles. The number of hydrogen-bond acceptors (Lipinski definition) is 3. The zero-order valence-electron chi connectivity index (χ0n) is 10.7. The first-order valence-corrected chi connectivity index (χ1v) is 6.72. The summed E-state index contributed by atoms with van der Waals surface area (Å²) in [6.07, 6.45) is 4.68. The summed E-state index contributed by atoms with van der Waals surface area (Å²) in [6, 6.07) is 3.06. The quantitative estimate of drug-likeness (QED) is 0.684. The number of aliphatic carboxylic acids is 1. The fraction of sp³-hybridized carbons (Fsp3) is 0.538. The first-order chi connectivity index (χ1) is 9.09. The lowest BCUT2D eigenvalue weighted by molar-refractivity contribution is -0.137. The molecule has 2 N–H and O–H groups in total. The summed E-state index contributed by atoms with van der Waals surface area (Å²) in [6.45, 7) is 0.579. The normalized spacial score (nSPS) is 10.4. The van der Waals surface area contributed by atoms with Gasteiger partial charge in [-0.2, -0.15) is 0 Å². The van der Waals surface area contributed by atoms with E-state index in [9.17, 15) is 9.59 Å². The molecule has 0 saturated carbocycles. The van der Waals surface area contributed by atoms with Crippen molar-refractivity contribution in [1.29, 1.82) is 0 Å². The third-order valence-electron chi connectivity index (χ3n) is 2.65. The zero-order chi connectivity index (χ0) is 14.1. The van der Waals surface area contributed by atoms with Gasteiger partial charge in [0.2, 0.25) is 0 Å². The first kappa shape index (κ1) is 15.6. The summed E-state index contributed by atoms with van der Waals surface area (Å²) in [5.74, 6) is -0.798. The van der Waals surface area contributed by atoms with Gasteiger partial charge in [0.25, 0.3) is 5.91 Å². The molecule has 0 aliphatic rings. The number of unbranched alkanes of at least 4 members (excludes halogenated alkanes) is 4. The zero-order valence-corrected chi connectivity index (χ0v) is 11.4. The van der Waals surface area contributed by atoms with E-state index >= 15 is 0 Å². The molecule has 1 aromatic heterocycles. The lowest BCUT2D eigenvalue weighted by Gasteiger charge is -2.03. The smallest absolute Gasteiger partial charge is 0.303 e. The summed E-state index contributed by atoms with van der Waals surface area (Å²) < 4.78 is 4.98. The molecule has 5 nitrogen and oxygen atoms in total. The Kier molecular flexibility index (Phi) is 7.03. The molecular formula is C13H18ClNO4. The molecule has 0 unspecified atom stereocenters. The summed E-state index contributed by atoms with van der Waals surface area (Å²) in [5, 5.41) is 11.4. The van der Waals surface area contributed by atoms with Crippen molar-refractivity contribution in [1.82, 2.24) is 5.32 Å². The molecular weight excluding hydrogens is 270 g/mol. The van der Waals surface area contributed by atoms with Crippen LogP contribution in [0, 0.1) is 0 Å². The van der Waals surface area contributed by atoms with E-state index in [1.807, 2.05) is 0 Å². The van der Waals surface area contributed by atoms with E-state index in [0.29, 0.717) is 13.0 Å². The molecule has 106 valence electrons. The molecule has 0 radical (unpaired) electrons. The lowest BCUT2D eigenvalue weighted by Crippen LogP contribution is -2.23. The fourth-order valence-electron chi connectivity index (χ4n) is 1.66. The van der Waals surface area contributed by atoms with Crippen molar-refractivity contribution in [3.05, 3.63) is 23.1 Å². The van der Waals surface area contributed by atoms with Crippen LogP contribution in [0.2, 0.25) is 5.22 Å². The van der Waals surface area contributed by atoms with E-state index in [1.165, 1.54) is 12.1 Å². The number of furan rings is 1. The molecule has 1 rings (SSSR count). The highest BCUT2D eigenvalue weighted by atomic mass is 35.5. The van der Waals surface area contributed by atoms with Crippen molar-refractivity contribution in [3.63, 3.8) is 0 Å². The molecule has 0 aliphatic carbocycles. The maximum Gasteiger partial charge on any atom is 0.303 e. The number of halogens is 1. The molecule has 0 spiro atoms. The van der Waals surface area contributed by atoms with Crippen LogP contribution in [-0.4, -0.2) is 23.5 Å². The number of nitrogens with one attached hydrogen (secondary N) is 1. The highest BCUT2D eigenvalue weighted by Gasteiger charge is 2.09. The van der Waals surface area contributed by atoms with Crippen LogP contribution in [-0.2, 0) is 4.79 Å². The van der Waals surface area contributed by atoms with Crippen LogP contribution in [0.15, 0.2) is 16.5 Å². The molecule has 0 bridgehead atoms. The van der Waals surface area contributed by atoms with Gasteiger partial charge in [-0.3, -0.25) is 9.59 Å².